The number of nitrogens with two attached hydrogens (primary N) is 1. The van der Waals surface area contributed by atoms with Gasteiger partial charge in [0, 0.05) is 13.1 Å². The van der Waals surface area contributed by atoms with Crippen LogP contribution in [0.4, 0.5) is 16.3 Å². The predicted octanol–water partition coefficient (Wildman–Crippen LogP) is 1.97. The number of anilines is 2. The Morgan fingerprint density at radius 3 is 2.40 bits per heavy atom. The van der Waals surface area contributed by atoms with Crippen molar-refractivity contribution in [2.75, 3.05) is 37.8 Å². The second-order valence-corrected chi connectivity index (χ2v) is 5.88. The number of carbonyl (C=O) groups is 1. The summed E-state index contributed by atoms with van der Waals surface area (Å²) < 4.78 is 5.41. The highest BCUT2D eigenvalue weighted by Crippen LogP contribution is 2.17. The molecular formula is C14H24N4O2. The zero-order valence-electron chi connectivity index (χ0n) is 12.9. The first-order chi connectivity index (χ1) is 9.19. The Morgan fingerprint density at radius 1 is 1.30 bits per heavy atom. The number of amides is 1. The van der Waals surface area contributed by atoms with Crippen molar-refractivity contribution in [3.8, 4) is 0 Å². The summed E-state index contributed by atoms with van der Waals surface area (Å²) in [6, 6.07) is 3.43. The number of hydrogen-bond acceptors (Lipinski definition) is 5. The molecule has 0 saturated carbocycles. The SMILES string of the molecule is CN(C)CCN(C(=O)OC(C)(C)C)c1ccc(N)cn1. The van der Waals surface area contributed by atoms with Gasteiger partial charge in [-0.2, -0.15) is 0 Å². The van der Waals surface area contributed by atoms with E-state index in [1.165, 1.54) is 11.1 Å². The topological polar surface area (TPSA) is 71.7 Å². The minimum atomic E-state index is -0.540. The van der Waals surface area contributed by atoms with Gasteiger partial charge in [-0.05, 0) is 47.0 Å². The van der Waals surface area contributed by atoms with Crippen molar-refractivity contribution in [2.45, 2.75) is 26.4 Å². The van der Waals surface area contributed by atoms with E-state index in [0.29, 0.717) is 24.6 Å². The molecule has 0 fully saturated rings. The molecule has 0 atom stereocenters. The zero-order chi connectivity index (χ0) is 15.3. The molecule has 1 amide bonds. The third kappa shape index (κ3) is 5.44. The van der Waals surface area contributed by atoms with E-state index in [-0.39, 0.29) is 0 Å². The van der Waals surface area contributed by atoms with Crippen LogP contribution in [0.1, 0.15) is 20.8 Å². The van der Waals surface area contributed by atoms with Gasteiger partial charge in [0.15, 0.2) is 0 Å². The second kappa shape index (κ2) is 6.56. The Balaban J connectivity index is 2.89. The van der Waals surface area contributed by atoms with E-state index >= 15 is 0 Å². The number of pyridine rings is 1. The van der Waals surface area contributed by atoms with Crippen LogP contribution in [0.2, 0.25) is 0 Å². The molecule has 0 radical (unpaired) electrons. The van der Waals surface area contributed by atoms with Gasteiger partial charge < -0.3 is 15.4 Å². The Morgan fingerprint density at radius 2 is 1.95 bits per heavy atom. The van der Waals surface area contributed by atoms with Gasteiger partial charge in [-0.3, -0.25) is 4.90 Å². The molecule has 1 heterocycles. The molecule has 1 rings (SSSR count). The summed E-state index contributed by atoms with van der Waals surface area (Å²) in [4.78, 5) is 20.0. The maximum absolute atomic E-state index is 12.3. The molecule has 0 aliphatic carbocycles. The van der Waals surface area contributed by atoms with Crippen LogP contribution in [0.15, 0.2) is 18.3 Å². The first-order valence-electron chi connectivity index (χ1n) is 6.56. The van der Waals surface area contributed by atoms with E-state index in [2.05, 4.69) is 4.98 Å². The minimum Gasteiger partial charge on any atom is -0.443 e. The molecule has 0 aromatic carbocycles. The lowest BCUT2D eigenvalue weighted by atomic mass is 10.2. The maximum Gasteiger partial charge on any atom is 0.416 e. The highest BCUT2D eigenvalue weighted by Gasteiger charge is 2.24. The smallest absolute Gasteiger partial charge is 0.416 e. The molecule has 2 N–H and O–H groups in total. The number of hydrogen-bond donors (Lipinski definition) is 1. The summed E-state index contributed by atoms with van der Waals surface area (Å²) >= 11 is 0. The first kappa shape index (κ1) is 16.2. The van der Waals surface area contributed by atoms with Crippen molar-refractivity contribution in [3.63, 3.8) is 0 Å². The fourth-order valence-electron chi connectivity index (χ4n) is 1.47. The van der Waals surface area contributed by atoms with Crippen LogP contribution in [0.5, 0.6) is 0 Å². The Labute approximate surface area is 120 Å². The molecule has 6 heteroatoms. The van der Waals surface area contributed by atoms with Gasteiger partial charge >= 0.3 is 6.09 Å². The minimum absolute atomic E-state index is 0.406. The number of aromatic nitrogens is 1. The maximum atomic E-state index is 12.3. The van der Waals surface area contributed by atoms with Crippen molar-refractivity contribution >= 4 is 17.6 Å². The average molecular weight is 280 g/mol. The fourth-order valence-corrected chi connectivity index (χ4v) is 1.47. The fraction of sp³-hybridized carbons (Fsp3) is 0.571. The van der Waals surface area contributed by atoms with Crippen LogP contribution in [0.3, 0.4) is 0 Å². The van der Waals surface area contributed by atoms with Crippen molar-refractivity contribution in [3.05, 3.63) is 18.3 Å². The number of rotatable bonds is 4. The van der Waals surface area contributed by atoms with Crippen LogP contribution < -0.4 is 10.6 Å². The van der Waals surface area contributed by atoms with E-state index in [1.54, 1.807) is 12.1 Å². The molecule has 20 heavy (non-hydrogen) atoms. The lowest BCUT2D eigenvalue weighted by Crippen LogP contribution is -2.40. The molecule has 0 unspecified atom stereocenters. The van der Waals surface area contributed by atoms with Gasteiger partial charge in [0.05, 0.1) is 11.9 Å². The third-order valence-corrected chi connectivity index (χ3v) is 2.43. The second-order valence-electron chi connectivity index (χ2n) is 5.88. The normalized spacial score (nSPS) is 11.5. The van der Waals surface area contributed by atoms with Gasteiger partial charge in [-0.25, -0.2) is 9.78 Å². The summed E-state index contributed by atoms with van der Waals surface area (Å²) in [6.45, 7) is 6.73. The van der Waals surface area contributed by atoms with Crippen molar-refractivity contribution < 1.29 is 9.53 Å². The molecule has 0 spiro atoms. The van der Waals surface area contributed by atoms with Crippen molar-refractivity contribution in [2.24, 2.45) is 0 Å². The first-order valence-corrected chi connectivity index (χ1v) is 6.56. The Kier molecular flexibility index (Phi) is 5.33. The van der Waals surface area contributed by atoms with Crippen molar-refractivity contribution in [1.29, 1.82) is 0 Å². The monoisotopic (exact) mass is 280 g/mol. The Bertz CT molecular complexity index is 437. The summed E-state index contributed by atoms with van der Waals surface area (Å²) in [7, 11) is 3.90. The number of likely N-dealkylation sites (N-methyl/N-ethyl adjacent to an activating group) is 1. The van der Waals surface area contributed by atoms with Crippen LogP contribution in [0, 0.1) is 0 Å². The summed E-state index contributed by atoms with van der Waals surface area (Å²) in [5.41, 5.74) is 5.64. The number of nitrogen functional groups attached to an aromatic ring is 1. The molecule has 1 aromatic heterocycles. The highest BCUT2D eigenvalue weighted by molar-refractivity contribution is 5.86. The molecule has 0 saturated heterocycles. The molecule has 0 aliphatic heterocycles. The molecule has 6 nitrogen and oxygen atoms in total. The number of ether oxygens (including phenoxy) is 1. The van der Waals surface area contributed by atoms with Crippen LogP contribution in [0.25, 0.3) is 0 Å². The molecule has 112 valence electrons. The quantitative estimate of drug-likeness (QED) is 0.913. The largest absolute Gasteiger partial charge is 0.443 e. The van der Waals surface area contributed by atoms with Crippen LogP contribution >= 0.6 is 0 Å². The highest BCUT2D eigenvalue weighted by atomic mass is 16.6. The molecular weight excluding hydrogens is 256 g/mol. The van der Waals surface area contributed by atoms with Crippen molar-refractivity contribution in [1.82, 2.24) is 9.88 Å². The predicted molar refractivity (Wildman–Crippen MR) is 80.8 cm³/mol. The zero-order valence-corrected chi connectivity index (χ0v) is 12.9. The standard InChI is InChI=1S/C14H24N4O2/c1-14(2,3)20-13(19)18(9-8-17(4)5)12-7-6-11(15)10-16-12/h6-7,10H,8-9,15H2,1-5H3. The van der Waals surface area contributed by atoms with Crippen LogP contribution in [-0.2, 0) is 4.74 Å². The van der Waals surface area contributed by atoms with E-state index in [9.17, 15) is 4.79 Å². The summed E-state index contributed by atoms with van der Waals surface area (Å²) in [5.74, 6) is 0.537. The molecule has 1 aromatic rings. The summed E-state index contributed by atoms with van der Waals surface area (Å²) in [5, 5.41) is 0. The van der Waals surface area contributed by atoms with Gasteiger partial charge in [0.1, 0.15) is 11.4 Å². The molecule has 0 bridgehead atoms. The van der Waals surface area contributed by atoms with Gasteiger partial charge in [-0.15, -0.1) is 0 Å². The molecule has 0 aliphatic rings. The van der Waals surface area contributed by atoms with Gasteiger partial charge in [0.25, 0.3) is 0 Å². The van der Waals surface area contributed by atoms with E-state index in [4.69, 9.17) is 10.5 Å². The van der Waals surface area contributed by atoms with Crippen LogP contribution in [-0.4, -0.2) is 48.8 Å². The van der Waals surface area contributed by atoms with E-state index in [1.807, 2.05) is 39.8 Å². The lowest BCUT2D eigenvalue weighted by molar-refractivity contribution is 0.0577. The number of carbonyl (C=O) groups excluding carboxylic acids is 1. The lowest BCUT2D eigenvalue weighted by Gasteiger charge is -2.27. The van der Waals surface area contributed by atoms with E-state index < -0.39 is 11.7 Å². The average Bonchev–Trinajstić information content (AvgIpc) is 2.29. The summed E-state index contributed by atoms with van der Waals surface area (Å²) in [6.07, 6.45) is 1.12. The Hall–Kier alpha value is -1.82. The third-order valence-electron chi connectivity index (χ3n) is 2.43. The van der Waals surface area contributed by atoms with E-state index in [0.717, 1.165) is 0 Å². The number of nitrogens with zero attached hydrogens (tertiary/aromatic N) is 3. The van der Waals surface area contributed by atoms with Gasteiger partial charge in [-0.1, -0.05) is 0 Å². The van der Waals surface area contributed by atoms with Gasteiger partial charge in [0.2, 0.25) is 0 Å².